The normalized spacial score (nSPS) is 11.8. The van der Waals surface area contributed by atoms with Gasteiger partial charge in [-0.25, -0.2) is 0 Å². The van der Waals surface area contributed by atoms with Crippen LogP contribution in [0.5, 0.6) is 0 Å². The van der Waals surface area contributed by atoms with E-state index in [1.807, 2.05) is 0 Å². The van der Waals surface area contributed by atoms with E-state index in [4.69, 9.17) is 5.73 Å². The fourth-order valence-corrected chi connectivity index (χ4v) is 2.60. The molecule has 24 heavy (non-hydrogen) atoms. The summed E-state index contributed by atoms with van der Waals surface area (Å²) in [5.74, 6) is 0. The highest BCUT2D eigenvalue weighted by Gasteiger charge is 1.92. The Hall–Kier alpha value is -0.640. The van der Waals surface area contributed by atoms with E-state index >= 15 is 0 Å². The topological polar surface area (TPSA) is 50.1 Å². The quantitative estimate of drug-likeness (QED) is 0.270. The van der Waals surface area contributed by atoms with Crippen molar-refractivity contribution in [1.29, 1.82) is 0 Å². The lowest BCUT2D eigenvalue weighted by molar-refractivity contribution is 0.554. The van der Waals surface area contributed by atoms with E-state index in [1.54, 1.807) is 0 Å². The van der Waals surface area contributed by atoms with Crippen molar-refractivity contribution in [2.75, 3.05) is 32.7 Å². The molecule has 0 heterocycles. The third kappa shape index (κ3) is 19.4. The van der Waals surface area contributed by atoms with Gasteiger partial charge in [0.2, 0.25) is 0 Å². The van der Waals surface area contributed by atoms with E-state index in [-0.39, 0.29) is 0 Å². The summed E-state index contributed by atoms with van der Waals surface area (Å²) in [4.78, 5) is 0. The molecule has 0 bridgehead atoms. The summed E-state index contributed by atoms with van der Waals surface area (Å²) in [5, 5.41) is 7.05. The molecule has 0 saturated carbocycles. The van der Waals surface area contributed by atoms with Gasteiger partial charge in [-0.15, -0.1) is 0 Å². The number of nitrogens with one attached hydrogen (secondary N) is 2. The zero-order valence-corrected chi connectivity index (χ0v) is 16.6. The summed E-state index contributed by atoms with van der Waals surface area (Å²) < 4.78 is 0. The summed E-state index contributed by atoms with van der Waals surface area (Å²) in [6.45, 7) is 11.8. The molecule has 0 radical (unpaired) electrons. The van der Waals surface area contributed by atoms with E-state index in [0.717, 1.165) is 26.2 Å². The minimum atomic E-state index is 0.848. The predicted octanol–water partition coefficient (Wildman–Crippen LogP) is 4.55. The second kappa shape index (κ2) is 18.7. The Morgan fingerprint density at radius 1 is 0.750 bits per heavy atom. The van der Waals surface area contributed by atoms with E-state index in [2.05, 4.69) is 43.6 Å². The Balaban J connectivity index is 3.23. The number of unbranched alkanes of at least 4 members (excludes halogenated alkanes) is 5. The lowest BCUT2D eigenvalue weighted by atomic mass is 10.1. The molecule has 3 nitrogen and oxygen atoms in total. The fraction of sp³-hybridized carbons (Fsp3) is 0.810. The van der Waals surface area contributed by atoms with Gasteiger partial charge in [-0.1, -0.05) is 49.0 Å². The molecular formula is C21H43N3. The van der Waals surface area contributed by atoms with Crippen LogP contribution in [0.15, 0.2) is 23.3 Å². The minimum absolute atomic E-state index is 0.848. The van der Waals surface area contributed by atoms with E-state index in [1.165, 1.54) is 75.5 Å². The maximum Gasteiger partial charge on any atom is 0.0137 e. The molecule has 0 amide bonds. The summed E-state index contributed by atoms with van der Waals surface area (Å²) in [6, 6.07) is 0. The van der Waals surface area contributed by atoms with Crippen LogP contribution in [0.3, 0.4) is 0 Å². The molecule has 4 N–H and O–H groups in total. The highest BCUT2D eigenvalue weighted by atomic mass is 14.9. The van der Waals surface area contributed by atoms with Crippen molar-refractivity contribution in [1.82, 2.24) is 10.6 Å². The average Bonchev–Trinajstić information content (AvgIpc) is 2.55. The SMILES string of the molecule is CC(C)=CCC/C(C)=C/CNCCCNCCCCCCCCN. The van der Waals surface area contributed by atoms with Crippen LogP contribution >= 0.6 is 0 Å². The first-order chi connectivity index (χ1) is 11.7. The molecule has 0 aliphatic carbocycles. The van der Waals surface area contributed by atoms with Crippen molar-refractivity contribution >= 4 is 0 Å². The van der Waals surface area contributed by atoms with Crippen LogP contribution in [-0.2, 0) is 0 Å². The van der Waals surface area contributed by atoms with Crippen LogP contribution in [0, 0.1) is 0 Å². The minimum Gasteiger partial charge on any atom is -0.330 e. The first-order valence-corrected chi connectivity index (χ1v) is 10.1. The maximum atomic E-state index is 5.49. The molecule has 0 aromatic rings. The molecule has 0 saturated heterocycles. The van der Waals surface area contributed by atoms with Gasteiger partial charge in [0.25, 0.3) is 0 Å². The van der Waals surface area contributed by atoms with Crippen molar-refractivity contribution in [3.05, 3.63) is 23.3 Å². The van der Waals surface area contributed by atoms with Crippen molar-refractivity contribution < 1.29 is 0 Å². The molecule has 0 fully saturated rings. The molecule has 0 atom stereocenters. The smallest absolute Gasteiger partial charge is 0.0137 e. The van der Waals surface area contributed by atoms with Crippen LogP contribution in [0.2, 0.25) is 0 Å². The molecule has 0 unspecified atom stereocenters. The summed E-state index contributed by atoms with van der Waals surface area (Å²) in [6.07, 6.45) is 16.1. The van der Waals surface area contributed by atoms with Crippen molar-refractivity contribution in [2.24, 2.45) is 5.73 Å². The molecule has 0 aliphatic heterocycles. The van der Waals surface area contributed by atoms with E-state index in [0.29, 0.717) is 0 Å². The lowest BCUT2D eigenvalue weighted by Crippen LogP contribution is -2.22. The maximum absolute atomic E-state index is 5.49. The zero-order chi connectivity index (χ0) is 17.9. The van der Waals surface area contributed by atoms with Gasteiger partial charge in [-0.3, -0.25) is 0 Å². The van der Waals surface area contributed by atoms with Crippen LogP contribution in [-0.4, -0.2) is 32.7 Å². The second-order valence-electron chi connectivity index (χ2n) is 7.09. The van der Waals surface area contributed by atoms with Gasteiger partial charge in [-0.05, 0) is 79.1 Å². The summed E-state index contributed by atoms with van der Waals surface area (Å²) in [5.41, 5.74) is 8.40. The Bertz CT molecular complexity index is 317. The molecule has 0 spiro atoms. The van der Waals surface area contributed by atoms with Crippen LogP contribution in [0.1, 0.15) is 78.6 Å². The molecule has 0 aromatic heterocycles. The molecule has 142 valence electrons. The van der Waals surface area contributed by atoms with Gasteiger partial charge in [0.1, 0.15) is 0 Å². The Morgan fingerprint density at radius 2 is 1.38 bits per heavy atom. The number of allylic oxidation sites excluding steroid dienone is 3. The zero-order valence-electron chi connectivity index (χ0n) is 16.6. The number of hydrogen-bond donors (Lipinski definition) is 3. The monoisotopic (exact) mass is 337 g/mol. The molecular weight excluding hydrogens is 294 g/mol. The highest BCUT2D eigenvalue weighted by molar-refractivity contribution is 5.02. The van der Waals surface area contributed by atoms with Crippen molar-refractivity contribution in [2.45, 2.75) is 78.6 Å². The van der Waals surface area contributed by atoms with Crippen LogP contribution in [0.25, 0.3) is 0 Å². The van der Waals surface area contributed by atoms with Gasteiger partial charge in [0.15, 0.2) is 0 Å². The number of nitrogens with two attached hydrogens (primary N) is 1. The van der Waals surface area contributed by atoms with E-state index in [9.17, 15) is 0 Å². The third-order valence-electron chi connectivity index (χ3n) is 4.20. The van der Waals surface area contributed by atoms with Crippen molar-refractivity contribution in [3.8, 4) is 0 Å². The van der Waals surface area contributed by atoms with Gasteiger partial charge in [-0.2, -0.15) is 0 Å². The lowest BCUT2D eigenvalue weighted by Gasteiger charge is -2.06. The fourth-order valence-electron chi connectivity index (χ4n) is 2.60. The Morgan fingerprint density at radius 3 is 2.08 bits per heavy atom. The van der Waals surface area contributed by atoms with E-state index < -0.39 is 0 Å². The standard InChI is InChI=1S/C21H43N3/c1-20(2)12-10-13-21(3)14-19-24-18-11-17-23-16-9-7-5-4-6-8-15-22/h12,14,23-24H,4-11,13,15-19,22H2,1-3H3/b21-14+. The number of rotatable bonds is 17. The Labute approximate surface area is 151 Å². The molecule has 3 heteroatoms. The predicted molar refractivity (Wildman–Crippen MR) is 110 cm³/mol. The Kier molecular flexibility index (Phi) is 18.2. The van der Waals surface area contributed by atoms with Gasteiger partial charge >= 0.3 is 0 Å². The molecule has 0 aromatic carbocycles. The molecule has 0 aliphatic rings. The van der Waals surface area contributed by atoms with Gasteiger partial charge in [0.05, 0.1) is 0 Å². The summed E-state index contributed by atoms with van der Waals surface area (Å²) >= 11 is 0. The molecule has 0 rings (SSSR count). The largest absolute Gasteiger partial charge is 0.330 e. The second-order valence-corrected chi connectivity index (χ2v) is 7.09. The van der Waals surface area contributed by atoms with Crippen LogP contribution < -0.4 is 16.4 Å². The average molecular weight is 338 g/mol. The summed E-state index contributed by atoms with van der Waals surface area (Å²) in [7, 11) is 0. The highest BCUT2D eigenvalue weighted by Crippen LogP contribution is 2.06. The van der Waals surface area contributed by atoms with Gasteiger partial charge in [0, 0.05) is 6.54 Å². The van der Waals surface area contributed by atoms with Crippen molar-refractivity contribution in [3.63, 3.8) is 0 Å². The van der Waals surface area contributed by atoms with Crippen LogP contribution in [0.4, 0.5) is 0 Å². The van der Waals surface area contributed by atoms with Gasteiger partial charge < -0.3 is 16.4 Å². The third-order valence-corrected chi connectivity index (χ3v) is 4.20. The first-order valence-electron chi connectivity index (χ1n) is 10.1. The number of hydrogen-bond acceptors (Lipinski definition) is 3. The first kappa shape index (κ1) is 23.4.